The second kappa shape index (κ2) is 11.0. The number of anilines is 1. The van der Waals surface area contributed by atoms with E-state index in [1.807, 2.05) is 6.92 Å². The van der Waals surface area contributed by atoms with E-state index >= 15 is 0 Å². The van der Waals surface area contributed by atoms with Crippen LogP contribution >= 0.6 is 0 Å². The predicted octanol–water partition coefficient (Wildman–Crippen LogP) is 2.34. The van der Waals surface area contributed by atoms with Gasteiger partial charge in [0.15, 0.2) is 5.82 Å². The molecule has 8 nitrogen and oxygen atoms in total. The normalized spacial score (nSPS) is 15.5. The third-order valence-corrected chi connectivity index (χ3v) is 7.05. The lowest BCUT2D eigenvalue weighted by atomic mass is 9.92. The van der Waals surface area contributed by atoms with Crippen molar-refractivity contribution in [3.8, 4) is 0 Å². The zero-order valence-corrected chi connectivity index (χ0v) is 20.7. The third kappa shape index (κ3) is 5.35. The molecule has 0 spiro atoms. The molecule has 1 fully saturated rings. The van der Waals surface area contributed by atoms with E-state index in [0.29, 0.717) is 17.9 Å². The monoisotopic (exact) mass is 468 g/mol. The number of rotatable bonds is 11. The summed E-state index contributed by atoms with van der Waals surface area (Å²) in [4.78, 5) is 12.1. The minimum Gasteiger partial charge on any atom is -0.396 e. The molecule has 1 aliphatic rings. The quantitative estimate of drug-likeness (QED) is 0.342. The maximum atomic E-state index is 9.97. The van der Waals surface area contributed by atoms with Gasteiger partial charge in [-0.05, 0) is 37.4 Å². The molecule has 0 atom stereocenters. The smallest absolute Gasteiger partial charge is 0.152 e. The first-order chi connectivity index (χ1) is 16.5. The summed E-state index contributed by atoms with van der Waals surface area (Å²) in [5.74, 6) is 1.37. The van der Waals surface area contributed by atoms with Gasteiger partial charge >= 0.3 is 0 Å². The summed E-state index contributed by atoms with van der Waals surface area (Å²) in [5.41, 5.74) is 9.57. The third-order valence-electron chi connectivity index (χ3n) is 7.05. The van der Waals surface area contributed by atoms with E-state index in [0.717, 1.165) is 87.1 Å². The fourth-order valence-electron chi connectivity index (χ4n) is 4.83. The Morgan fingerprint density at radius 3 is 2.56 bits per heavy atom. The Morgan fingerprint density at radius 1 is 1.09 bits per heavy atom. The number of nitrogens with one attached hydrogen (secondary N) is 1. The van der Waals surface area contributed by atoms with Crippen LogP contribution in [0.15, 0.2) is 18.2 Å². The molecule has 1 aliphatic heterocycles. The van der Waals surface area contributed by atoms with Crippen molar-refractivity contribution >= 4 is 27.8 Å². The van der Waals surface area contributed by atoms with Gasteiger partial charge in [0.2, 0.25) is 0 Å². The van der Waals surface area contributed by atoms with Gasteiger partial charge in [0.25, 0.3) is 0 Å². The second-order valence-corrected chi connectivity index (χ2v) is 10.1. The molecular formula is C26H40N6O2. The molecule has 0 bridgehead atoms. The summed E-state index contributed by atoms with van der Waals surface area (Å²) >= 11 is 0. The van der Waals surface area contributed by atoms with Crippen LogP contribution in [0.4, 0.5) is 5.82 Å². The van der Waals surface area contributed by atoms with Gasteiger partial charge in [-0.2, -0.15) is 0 Å². The van der Waals surface area contributed by atoms with E-state index in [9.17, 15) is 10.2 Å². The van der Waals surface area contributed by atoms with Gasteiger partial charge in [-0.25, -0.2) is 9.97 Å². The Labute approximate surface area is 202 Å². The van der Waals surface area contributed by atoms with Crippen LogP contribution in [0.5, 0.6) is 0 Å². The number of nitrogens with zero attached hydrogens (tertiary/aromatic N) is 4. The fraction of sp³-hybridized carbons (Fsp3) is 0.615. The maximum absolute atomic E-state index is 9.97. The molecule has 2 aromatic heterocycles. The lowest BCUT2D eigenvalue weighted by Crippen LogP contribution is -2.43. The molecule has 4 rings (SSSR count). The highest BCUT2D eigenvalue weighted by Gasteiger charge is 2.27. The molecule has 0 amide bonds. The fourth-order valence-corrected chi connectivity index (χ4v) is 4.83. The molecule has 5 N–H and O–H groups in total. The summed E-state index contributed by atoms with van der Waals surface area (Å²) < 4.78 is 2.15. The van der Waals surface area contributed by atoms with Gasteiger partial charge in [0, 0.05) is 49.9 Å². The molecule has 186 valence electrons. The van der Waals surface area contributed by atoms with Crippen molar-refractivity contribution < 1.29 is 10.2 Å². The highest BCUT2D eigenvalue weighted by molar-refractivity contribution is 6.06. The Morgan fingerprint density at radius 2 is 1.85 bits per heavy atom. The van der Waals surface area contributed by atoms with Crippen LogP contribution in [0.3, 0.4) is 0 Å². The minimum atomic E-state index is -0.650. The second-order valence-electron chi connectivity index (χ2n) is 10.1. The number of pyridine rings is 1. The molecule has 0 saturated carbocycles. The first-order valence-corrected chi connectivity index (χ1v) is 12.7. The highest BCUT2D eigenvalue weighted by Crippen LogP contribution is 2.32. The molecular weight excluding hydrogens is 428 g/mol. The summed E-state index contributed by atoms with van der Waals surface area (Å²) in [6, 6.07) is 6.49. The minimum absolute atomic E-state index is 0.105. The van der Waals surface area contributed by atoms with E-state index in [-0.39, 0.29) is 13.2 Å². The summed E-state index contributed by atoms with van der Waals surface area (Å²) in [6.45, 7) is 9.84. The van der Waals surface area contributed by atoms with Crippen LogP contribution in [-0.2, 0) is 19.4 Å². The van der Waals surface area contributed by atoms with E-state index in [1.165, 1.54) is 5.56 Å². The molecule has 3 heterocycles. The Hall–Kier alpha value is -2.26. The van der Waals surface area contributed by atoms with E-state index < -0.39 is 5.41 Å². The number of hydrogen-bond donors (Lipinski definition) is 4. The van der Waals surface area contributed by atoms with Crippen molar-refractivity contribution in [2.45, 2.75) is 52.5 Å². The van der Waals surface area contributed by atoms with Gasteiger partial charge in [-0.1, -0.05) is 32.4 Å². The standard InChI is InChI=1S/C26H40N6O2/c1-3-4-7-22-30-23-24(32(22)16-26(2,17-33)18-34)20-9-8-19(15-21(20)29-25(23)27)6-5-12-31-13-10-28-11-14-31/h8-9,15,28,33-34H,3-7,10-14,16-18H2,1-2H3,(H2,27,29). The van der Waals surface area contributed by atoms with Crippen molar-refractivity contribution in [2.24, 2.45) is 5.41 Å². The topological polar surface area (TPSA) is 112 Å². The zero-order chi connectivity index (χ0) is 24.1. The average molecular weight is 469 g/mol. The molecule has 34 heavy (non-hydrogen) atoms. The SMILES string of the molecule is CCCCc1nc2c(N)nc3cc(CCCN4CCNCC4)ccc3c2n1CC(C)(CO)CO. The van der Waals surface area contributed by atoms with Gasteiger partial charge in [0.1, 0.15) is 11.3 Å². The lowest BCUT2D eigenvalue weighted by molar-refractivity contribution is 0.0557. The average Bonchev–Trinajstić information content (AvgIpc) is 3.21. The predicted molar refractivity (Wildman–Crippen MR) is 138 cm³/mol. The summed E-state index contributed by atoms with van der Waals surface area (Å²) in [7, 11) is 0. The number of piperazine rings is 1. The number of nitrogens with two attached hydrogens (primary N) is 1. The van der Waals surface area contributed by atoms with Crippen molar-refractivity contribution in [3.05, 3.63) is 29.6 Å². The molecule has 3 aromatic rings. The van der Waals surface area contributed by atoms with Crippen molar-refractivity contribution in [2.75, 3.05) is 51.7 Å². The van der Waals surface area contributed by atoms with Gasteiger partial charge in [-0.3, -0.25) is 0 Å². The van der Waals surface area contributed by atoms with Crippen LogP contribution < -0.4 is 11.1 Å². The van der Waals surface area contributed by atoms with Crippen molar-refractivity contribution in [1.29, 1.82) is 0 Å². The first kappa shape index (κ1) is 24.9. The highest BCUT2D eigenvalue weighted by atomic mass is 16.3. The molecule has 0 radical (unpaired) electrons. The van der Waals surface area contributed by atoms with Crippen LogP contribution in [0.1, 0.15) is 44.5 Å². The number of hydrogen-bond acceptors (Lipinski definition) is 7. The molecule has 1 saturated heterocycles. The van der Waals surface area contributed by atoms with Crippen LogP contribution in [0.25, 0.3) is 21.9 Å². The first-order valence-electron chi connectivity index (χ1n) is 12.7. The largest absolute Gasteiger partial charge is 0.396 e. The van der Waals surface area contributed by atoms with E-state index in [1.54, 1.807) is 0 Å². The number of aryl methyl sites for hydroxylation is 2. The van der Waals surface area contributed by atoms with E-state index in [2.05, 4.69) is 39.9 Å². The number of benzene rings is 1. The number of fused-ring (bicyclic) bond motifs is 3. The Balaban J connectivity index is 1.68. The Kier molecular flexibility index (Phi) is 8.03. The van der Waals surface area contributed by atoms with Gasteiger partial charge in [-0.15, -0.1) is 0 Å². The number of unbranched alkanes of at least 4 members (excludes halogenated alkanes) is 1. The molecule has 8 heteroatoms. The summed E-state index contributed by atoms with van der Waals surface area (Å²) in [5, 5.41) is 24.4. The molecule has 1 aromatic carbocycles. The number of aliphatic hydroxyl groups is 2. The van der Waals surface area contributed by atoms with Gasteiger partial charge in [0.05, 0.1) is 24.2 Å². The number of nitrogen functional groups attached to an aromatic ring is 1. The van der Waals surface area contributed by atoms with E-state index in [4.69, 9.17) is 15.7 Å². The van der Waals surface area contributed by atoms with Crippen LogP contribution in [0.2, 0.25) is 0 Å². The number of imidazole rings is 1. The zero-order valence-electron chi connectivity index (χ0n) is 20.7. The number of aromatic nitrogens is 3. The lowest BCUT2D eigenvalue weighted by Gasteiger charge is -2.27. The molecule has 0 unspecified atom stereocenters. The Bertz CT molecular complexity index is 1100. The number of aliphatic hydroxyl groups excluding tert-OH is 2. The van der Waals surface area contributed by atoms with Crippen LogP contribution in [-0.4, -0.2) is 75.6 Å². The maximum Gasteiger partial charge on any atom is 0.152 e. The molecule has 0 aliphatic carbocycles. The van der Waals surface area contributed by atoms with Crippen LogP contribution in [0, 0.1) is 5.41 Å². The van der Waals surface area contributed by atoms with Crippen molar-refractivity contribution in [3.63, 3.8) is 0 Å². The van der Waals surface area contributed by atoms with Crippen molar-refractivity contribution in [1.82, 2.24) is 24.8 Å². The summed E-state index contributed by atoms with van der Waals surface area (Å²) in [6.07, 6.45) is 5.03. The van der Waals surface area contributed by atoms with Gasteiger partial charge < -0.3 is 30.7 Å².